The number of alkyl halides is 3. The Morgan fingerprint density at radius 2 is 1.39 bits per heavy atom. The molecule has 0 saturated carbocycles. The quantitative estimate of drug-likeness (QED) is 0.243. The molecule has 3 aromatic carbocycles. The van der Waals surface area contributed by atoms with Crippen LogP contribution < -0.4 is 5.69 Å². The van der Waals surface area contributed by atoms with Crippen LogP contribution in [-0.2, 0) is 18.1 Å². The van der Waals surface area contributed by atoms with E-state index in [1.54, 1.807) is 18.3 Å². The van der Waals surface area contributed by atoms with Crippen molar-refractivity contribution in [2.24, 2.45) is 0 Å². The summed E-state index contributed by atoms with van der Waals surface area (Å²) in [7, 11) is 0. The molecule has 0 amide bonds. The van der Waals surface area contributed by atoms with Crippen LogP contribution >= 0.6 is 11.6 Å². The molecule has 38 heavy (non-hydrogen) atoms. The summed E-state index contributed by atoms with van der Waals surface area (Å²) in [4.78, 5) is 13.2. The number of halogens is 4. The minimum absolute atomic E-state index is 0.00397. The fourth-order valence-electron chi connectivity index (χ4n) is 4.30. The number of fused-ring (bicyclic) bond motifs is 1. The Labute approximate surface area is 222 Å². The first-order valence-corrected chi connectivity index (χ1v) is 12.3. The summed E-state index contributed by atoms with van der Waals surface area (Å²) in [5, 5.41) is 9.53. The molecular formula is C29H24ClF3N4O. The second-order valence-electron chi connectivity index (χ2n) is 10.1. The molecule has 0 spiro atoms. The number of aromatic nitrogens is 4. The topological polar surface area (TPSA) is 52.2 Å². The van der Waals surface area contributed by atoms with Gasteiger partial charge in [0, 0.05) is 16.1 Å². The molecule has 0 unspecified atom stereocenters. The second kappa shape index (κ2) is 9.44. The van der Waals surface area contributed by atoms with Crippen LogP contribution in [0.4, 0.5) is 13.2 Å². The normalized spacial score (nSPS) is 12.3. The number of hydrogen-bond acceptors (Lipinski definition) is 3. The zero-order valence-electron chi connectivity index (χ0n) is 20.9. The molecule has 0 aliphatic carbocycles. The van der Waals surface area contributed by atoms with Gasteiger partial charge in [-0.2, -0.15) is 22.8 Å². The van der Waals surface area contributed by atoms with Gasteiger partial charge in [0.05, 0.1) is 18.3 Å². The van der Waals surface area contributed by atoms with Gasteiger partial charge in [-0.25, -0.2) is 9.48 Å². The SMILES string of the molecule is CC(C)(C)c1ccc(-c2cnn3c(=O)n(Cc4ccc(C(F)(F)F)cc4)nc3c2-c2ccc(Cl)cc2)cc1. The summed E-state index contributed by atoms with van der Waals surface area (Å²) >= 11 is 6.14. The van der Waals surface area contributed by atoms with E-state index in [0.29, 0.717) is 21.8 Å². The Kier molecular flexibility index (Phi) is 6.39. The van der Waals surface area contributed by atoms with Crippen LogP contribution in [-0.4, -0.2) is 19.4 Å². The molecule has 0 aliphatic rings. The van der Waals surface area contributed by atoms with E-state index in [1.165, 1.54) is 26.9 Å². The van der Waals surface area contributed by atoms with Crippen molar-refractivity contribution >= 4 is 17.2 Å². The highest BCUT2D eigenvalue weighted by Gasteiger charge is 2.30. The summed E-state index contributed by atoms with van der Waals surface area (Å²) in [5.41, 5.74) is 3.95. The summed E-state index contributed by atoms with van der Waals surface area (Å²) in [6, 6.07) is 20.1. The molecule has 9 heteroatoms. The van der Waals surface area contributed by atoms with E-state index < -0.39 is 17.4 Å². The lowest BCUT2D eigenvalue weighted by atomic mass is 9.86. The van der Waals surface area contributed by atoms with Crippen molar-refractivity contribution in [2.45, 2.75) is 38.9 Å². The van der Waals surface area contributed by atoms with Gasteiger partial charge < -0.3 is 0 Å². The fraction of sp³-hybridized carbons (Fsp3) is 0.207. The van der Waals surface area contributed by atoms with Gasteiger partial charge in [0.2, 0.25) is 0 Å². The number of benzene rings is 3. The molecule has 0 aliphatic heterocycles. The van der Waals surface area contributed by atoms with E-state index >= 15 is 0 Å². The third-order valence-corrected chi connectivity index (χ3v) is 6.67. The van der Waals surface area contributed by atoms with Crippen molar-refractivity contribution in [1.82, 2.24) is 19.4 Å². The van der Waals surface area contributed by atoms with Gasteiger partial charge >= 0.3 is 11.9 Å². The van der Waals surface area contributed by atoms with E-state index in [2.05, 4.69) is 43.1 Å². The molecular weight excluding hydrogens is 513 g/mol. The third-order valence-electron chi connectivity index (χ3n) is 6.42. The van der Waals surface area contributed by atoms with Crippen LogP contribution in [0.1, 0.15) is 37.5 Å². The average molecular weight is 537 g/mol. The predicted octanol–water partition coefficient (Wildman–Crippen LogP) is 7.24. The van der Waals surface area contributed by atoms with Gasteiger partial charge in [0.25, 0.3) is 0 Å². The smallest absolute Gasteiger partial charge is 0.244 e. The molecule has 5 aromatic rings. The predicted molar refractivity (Wildman–Crippen MR) is 142 cm³/mol. The summed E-state index contributed by atoms with van der Waals surface area (Å²) in [6.07, 6.45) is -2.80. The minimum atomic E-state index is -4.43. The molecule has 2 heterocycles. The molecule has 5 nitrogen and oxygen atoms in total. The molecule has 2 aromatic heterocycles. The van der Waals surface area contributed by atoms with Gasteiger partial charge in [0.15, 0.2) is 5.65 Å². The standard InChI is InChI=1S/C29H24ClF3N4O/c1-28(2,3)21-12-6-19(7-13-21)24-16-34-37-26(25(24)20-8-14-23(30)15-9-20)35-36(27(37)38)17-18-4-10-22(11-5-18)29(31,32)33/h4-16H,17H2,1-3H3. The number of rotatable bonds is 4. The number of nitrogens with zero attached hydrogens (tertiary/aromatic N) is 4. The van der Waals surface area contributed by atoms with E-state index in [4.69, 9.17) is 11.6 Å². The van der Waals surface area contributed by atoms with Crippen LogP contribution in [0.3, 0.4) is 0 Å². The summed E-state index contributed by atoms with van der Waals surface area (Å²) < 4.78 is 41.3. The Morgan fingerprint density at radius 1 is 0.816 bits per heavy atom. The van der Waals surface area contributed by atoms with Crippen LogP contribution in [0.5, 0.6) is 0 Å². The first kappa shape index (κ1) is 25.7. The lowest BCUT2D eigenvalue weighted by molar-refractivity contribution is -0.137. The molecule has 0 N–H and O–H groups in total. The second-order valence-corrected chi connectivity index (χ2v) is 10.6. The maximum atomic E-state index is 13.2. The molecule has 0 bridgehead atoms. The van der Waals surface area contributed by atoms with Gasteiger partial charge in [-0.05, 0) is 51.9 Å². The molecule has 0 atom stereocenters. The minimum Gasteiger partial charge on any atom is -0.244 e. The fourth-order valence-corrected chi connectivity index (χ4v) is 4.43. The van der Waals surface area contributed by atoms with Crippen molar-refractivity contribution in [3.8, 4) is 22.3 Å². The van der Waals surface area contributed by atoms with Crippen LogP contribution in [0.2, 0.25) is 5.02 Å². The van der Waals surface area contributed by atoms with Crippen LogP contribution in [0.15, 0.2) is 83.8 Å². The highest BCUT2D eigenvalue weighted by molar-refractivity contribution is 6.30. The largest absolute Gasteiger partial charge is 0.416 e. The number of hydrogen-bond donors (Lipinski definition) is 0. The Hall–Kier alpha value is -3.91. The van der Waals surface area contributed by atoms with Gasteiger partial charge in [0.1, 0.15) is 0 Å². The molecule has 0 fully saturated rings. The van der Waals surface area contributed by atoms with Crippen molar-refractivity contribution in [1.29, 1.82) is 0 Å². The van der Waals surface area contributed by atoms with Crippen molar-refractivity contribution < 1.29 is 13.2 Å². The highest BCUT2D eigenvalue weighted by atomic mass is 35.5. The van der Waals surface area contributed by atoms with E-state index in [-0.39, 0.29) is 12.0 Å². The van der Waals surface area contributed by atoms with Gasteiger partial charge in [-0.15, -0.1) is 5.10 Å². The van der Waals surface area contributed by atoms with E-state index in [1.807, 2.05) is 24.3 Å². The zero-order chi connectivity index (χ0) is 27.2. The zero-order valence-corrected chi connectivity index (χ0v) is 21.7. The highest BCUT2D eigenvalue weighted by Crippen LogP contribution is 2.35. The Bertz CT molecular complexity index is 1660. The first-order chi connectivity index (χ1) is 17.9. The molecule has 5 rings (SSSR count). The van der Waals surface area contributed by atoms with Crippen molar-refractivity contribution in [3.05, 3.63) is 111 Å². The lowest BCUT2D eigenvalue weighted by Gasteiger charge is -2.19. The average Bonchev–Trinajstić information content (AvgIpc) is 3.18. The van der Waals surface area contributed by atoms with Crippen LogP contribution in [0, 0.1) is 0 Å². The van der Waals surface area contributed by atoms with E-state index in [9.17, 15) is 18.0 Å². The van der Waals surface area contributed by atoms with Gasteiger partial charge in [-0.1, -0.05) is 80.9 Å². The third kappa shape index (κ3) is 4.96. The van der Waals surface area contributed by atoms with Crippen molar-refractivity contribution in [3.63, 3.8) is 0 Å². The Morgan fingerprint density at radius 3 is 1.97 bits per heavy atom. The van der Waals surface area contributed by atoms with Crippen LogP contribution in [0.25, 0.3) is 27.9 Å². The lowest BCUT2D eigenvalue weighted by Crippen LogP contribution is -2.23. The van der Waals surface area contributed by atoms with Crippen molar-refractivity contribution in [2.75, 3.05) is 0 Å². The first-order valence-electron chi connectivity index (χ1n) is 11.9. The Balaban J connectivity index is 1.64. The summed E-state index contributed by atoms with van der Waals surface area (Å²) in [5.74, 6) is 0. The van der Waals surface area contributed by atoms with E-state index in [0.717, 1.165) is 28.8 Å². The summed E-state index contributed by atoms with van der Waals surface area (Å²) in [6.45, 7) is 6.43. The monoisotopic (exact) mass is 536 g/mol. The van der Waals surface area contributed by atoms with Gasteiger partial charge in [-0.3, -0.25) is 0 Å². The molecule has 0 saturated heterocycles. The molecule has 194 valence electrons. The molecule has 0 radical (unpaired) electrons. The maximum absolute atomic E-state index is 13.2. The maximum Gasteiger partial charge on any atom is 0.416 e.